The van der Waals surface area contributed by atoms with Gasteiger partial charge in [0, 0.05) is 29.6 Å². The highest BCUT2D eigenvalue weighted by molar-refractivity contribution is 6.07. The zero-order valence-corrected chi connectivity index (χ0v) is 14.7. The van der Waals surface area contributed by atoms with E-state index in [0.717, 1.165) is 44.2 Å². The smallest absolute Gasteiger partial charge is 0.237 e. The van der Waals surface area contributed by atoms with Gasteiger partial charge in [0.1, 0.15) is 11.2 Å². The van der Waals surface area contributed by atoms with Crippen LogP contribution in [-0.2, 0) is 21.5 Å². The molecule has 2 aliphatic heterocycles. The molecule has 1 spiro atoms. The summed E-state index contributed by atoms with van der Waals surface area (Å²) in [5.74, 6) is 0.281. The Bertz CT molecular complexity index is 898. The van der Waals surface area contributed by atoms with Gasteiger partial charge >= 0.3 is 0 Å². The molecule has 1 saturated heterocycles. The molecule has 1 aromatic carbocycles. The third kappa shape index (κ3) is 1.83. The Hall–Kier alpha value is -2.10. The third-order valence-electron chi connectivity index (χ3n) is 7.02. The number of Topliss-reactive ketones (excluding diaryl/α,β-unsaturated/α-hetero) is 1. The molecule has 1 amide bonds. The number of fused-ring (bicyclic) bond motifs is 5. The second-order valence-electron chi connectivity index (χ2n) is 8.22. The lowest BCUT2D eigenvalue weighted by Crippen LogP contribution is -2.63. The van der Waals surface area contributed by atoms with Crippen LogP contribution in [0.2, 0.25) is 0 Å². The van der Waals surface area contributed by atoms with Crippen LogP contribution in [0.1, 0.15) is 56.7 Å². The fourth-order valence-electron chi connectivity index (χ4n) is 5.51. The SMILES string of the molecule is CC12CCC3(CCCCC3=O)C(=O)N1CCc1c2[nH]c2ccccc12. The number of nitrogens with one attached hydrogen (secondary N) is 1. The van der Waals surface area contributed by atoms with Crippen LogP contribution in [-0.4, -0.2) is 28.1 Å². The van der Waals surface area contributed by atoms with Gasteiger partial charge in [0.25, 0.3) is 0 Å². The first-order valence-electron chi connectivity index (χ1n) is 9.52. The van der Waals surface area contributed by atoms with Gasteiger partial charge in [-0.25, -0.2) is 0 Å². The van der Waals surface area contributed by atoms with Crippen LogP contribution in [0.15, 0.2) is 24.3 Å². The van der Waals surface area contributed by atoms with Crippen molar-refractivity contribution in [3.8, 4) is 0 Å². The van der Waals surface area contributed by atoms with Crippen molar-refractivity contribution >= 4 is 22.6 Å². The first-order chi connectivity index (χ1) is 12.1. The maximum Gasteiger partial charge on any atom is 0.237 e. The predicted molar refractivity (Wildman–Crippen MR) is 96.2 cm³/mol. The van der Waals surface area contributed by atoms with Crippen molar-refractivity contribution < 1.29 is 9.59 Å². The number of piperidine rings is 1. The number of aromatic nitrogens is 1. The number of ketones is 1. The standard InChI is InChI=1S/C21H24N2O2/c1-20-11-12-21(10-5-4-8-17(21)24)19(25)23(20)13-9-15-14-6-2-3-7-16(14)22-18(15)20/h2-3,6-7,22H,4-5,8-13H2,1H3. The molecule has 25 heavy (non-hydrogen) atoms. The molecule has 1 aliphatic carbocycles. The average Bonchev–Trinajstić information content (AvgIpc) is 3.01. The highest BCUT2D eigenvalue weighted by Crippen LogP contribution is 2.52. The van der Waals surface area contributed by atoms with Crippen molar-refractivity contribution in [2.75, 3.05) is 6.54 Å². The van der Waals surface area contributed by atoms with Crippen molar-refractivity contribution in [2.45, 2.75) is 57.4 Å². The molecule has 1 aromatic heterocycles. The number of aromatic amines is 1. The van der Waals surface area contributed by atoms with Crippen molar-refractivity contribution in [3.05, 3.63) is 35.5 Å². The van der Waals surface area contributed by atoms with Crippen molar-refractivity contribution in [3.63, 3.8) is 0 Å². The number of rotatable bonds is 0. The van der Waals surface area contributed by atoms with Crippen LogP contribution >= 0.6 is 0 Å². The highest BCUT2D eigenvalue weighted by Gasteiger charge is 2.57. The molecule has 2 unspecified atom stereocenters. The van der Waals surface area contributed by atoms with Gasteiger partial charge in [-0.2, -0.15) is 0 Å². The van der Waals surface area contributed by atoms with Crippen molar-refractivity contribution in [1.29, 1.82) is 0 Å². The fourth-order valence-corrected chi connectivity index (χ4v) is 5.51. The number of hydrogen-bond donors (Lipinski definition) is 1. The Balaban J connectivity index is 1.62. The molecule has 2 aromatic rings. The predicted octanol–water partition coefficient (Wildman–Crippen LogP) is 3.69. The van der Waals surface area contributed by atoms with E-state index in [2.05, 4.69) is 30.1 Å². The van der Waals surface area contributed by atoms with Gasteiger partial charge in [0.15, 0.2) is 0 Å². The fraction of sp³-hybridized carbons (Fsp3) is 0.524. The van der Waals surface area contributed by atoms with Crippen LogP contribution in [0.3, 0.4) is 0 Å². The molecular formula is C21H24N2O2. The second-order valence-corrected chi connectivity index (χ2v) is 8.22. The molecule has 0 bridgehead atoms. The summed E-state index contributed by atoms with van der Waals surface area (Å²) in [7, 11) is 0. The zero-order chi connectivity index (χ0) is 17.2. The van der Waals surface area contributed by atoms with E-state index in [4.69, 9.17) is 0 Å². The van der Waals surface area contributed by atoms with Crippen LogP contribution in [0.4, 0.5) is 0 Å². The maximum atomic E-state index is 13.5. The summed E-state index contributed by atoms with van der Waals surface area (Å²) in [6.45, 7) is 2.90. The normalized spacial score (nSPS) is 32.1. The minimum atomic E-state index is -0.721. The summed E-state index contributed by atoms with van der Waals surface area (Å²) in [6, 6.07) is 8.40. The number of H-pyrrole nitrogens is 1. The van der Waals surface area contributed by atoms with E-state index in [1.54, 1.807) is 0 Å². The van der Waals surface area contributed by atoms with Gasteiger partial charge in [0.05, 0.1) is 5.54 Å². The number of hydrogen-bond acceptors (Lipinski definition) is 2. The maximum absolute atomic E-state index is 13.5. The molecule has 4 heteroatoms. The quantitative estimate of drug-likeness (QED) is 0.746. The summed E-state index contributed by atoms with van der Waals surface area (Å²) in [6.07, 6.45) is 5.70. The summed E-state index contributed by atoms with van der Waals surface area (Å²) in [4.78, 5) is 31.8. The molecule has 4 nitrogen and oxygen atoms in total. The number of carbonyl (C=O) groups excluding carboxylic acids is 2. The molecular weight excluding hydrogens is 312 g/mol. The highest BCUT2D eigenvalue weighted by atomic mass is 16.2. The minimum absolute atomic E-state index is 0.0928. The van der Waals surface area contributed by atoms with Gasteiger partial charge in [-0.05, 0) is 50.7 Å². The molecule has 5 rings (SSSR count). The lowest BCUT2D eigenvalue weighted by molar-refractivity contribution is -0.165. The Morgan fingerprint density at radius 1 is 1.04 bits per heavy atom. The van der Waals surface area contributed by atoms with E-state index >= 15 is 0 Å². The molecule has 3 aliphatic rings. The molecule has 0 radical (unpaired) electrons. The molecule has 130 valence electrons. The van der Waals surface area contributed by atoms with Crippen LogP contribution < -0.4 is 0 Å². The van der Waals surface area contributed by atoms with E-state index in [0.29, 0.717) is 12.8 Å². The number of amides is 1. The first-order valence-corrected chi connectivity index (χ1v) is 9.52. The van der Waals surface area contributed by atoms with E-state index < -0.39 is 5.41 Å². The van der Waals surface area contributed by atoms with Gasteiger partial charge in [-0.3, -0.25) is 9.59 Å². The van der Waals surface area contributed by atoms with Gasteiger partial charge < -0.3 is 9.88 Å². The monoisotopic (exact) mass is 336 g/mol. The number of benzene rings is 1. The number of para-hydroxylation sites is 1. The van der Waals surface area contributed by atoms with Gasteiger partial charge in [-0.15, -0.1) is 0 Å². The largest absolute Gasteiger partial charge is 0.356 e. The van der Waals surface area contributed by atoms with Crippen molar-refractivity contribution in [1.82, 2.24) is 9.88 Å². The topological polar surface area (TPSA) is 53.2 Å². The molecule has 2 fully saturated rings. The Morgan fingerprint density at radius 2 is 1.88 bits per heavy atom. The van der Waals surface area contributed by atoms with E-state index in [-0.39, 0.29) is 17.2 Å². The molecule has 1 saturated carbocycles. The Morgan fingerprint density at radius 3 is 2.72 bits per heavy atom. The van der Waals surface area contributed by atoms with E-state index in [1.165, 1.54) is 16.6 Å². The minimum Gasteiger partial charge on any atom is -0.356 e. The summed E-state index contributed by atoms with van der Waals surface area (Å²) < 4.78 is 0. The zero-order valence-electron chi connectivity index (χ0n) is 14.7. The van der Waals surface area contributed by atoms with E-state index in [9.17, 15) is 9.59 Å². The van der Waals surface area contributed by atoms with Gasteiger partial charge in [-0.1, -0.05) is 24.6 Å². The molecule has 1 N–H and O–H groups in total. The summed E-state index contributed by atoms with van der Waals surface area (Å²) >= 11 is 0. The van der Waals surface area contributed by atoms with Crippen LogP contribution in [0.5, 0.6) is 0 Å². The Kier molecular flexibility index (Phi) is 3.01. The van der Waals surface area contributed by atoms with E-state index in [1.807, 2.05) is 11.0 Å². The molecule has 3 heterocycles. The van der Waals surface area contributed by atoms with Crippen LogP contribution in [0, 0.1) is 5.41 Å². The lowest BCUT2D eigenvalue weighted by atomic mass is 9.63. The molecule has 2 atom stereocenters. The summed E-state index contributed by atoms with van der Waals surface area (Å²) in [5.41, 5.74) is 2.66. The summed E-state index contributed by atoms with van der Waals surface area (Å²) in [5, 5.41) is 1.28. The average molecular weight is 336 g/mol. The third-order valence-corrected chi connectivity index (χ3v) is 7.02. The first kappa shape index (κ1) is 15.2. The van der Waals surface area contributed by atoms with Crippen LogP contribution in [0.25, 0.3) is 10.9 Å². The van der Waals surface area contributed by atoms with Gasteiger partial charge in [0.2, 0.25) is 5.91 Å². The Labute approximate surface area is 147 Å². The van der Waals surface area contributed by atoms with Crippen molar-refractivity contribution in [2.24, 2.45) is 5.41 Å². The number of carbonyl (C=O) groups is 2. The number of nitrogens with zero attached hydrogens (tertiary/aromatic N) is 1. The second kappa shape index (κ2) is 4.96. The lowest BCUT2D eigenvalue weighted by Gasteiger charge is -2.54.